The molecule has 0 radical (unpaired) electrons. The molecule has 3 aliphatic heterocycles. The third-order valence-electron chi connectivity index (χ3n) is 4.98. The first kappa shape index (κ1) is 19.9. The maximum absolute atomic E-state index is 12.9. The number of amides is 3. The van der Waals surface area contributed by atoms with Gasteiger partial charge in [0.2, 0.25) is 11.8 Å². The van der Waals surface area contributed by atoms with Gasteiger partial charge in [-0.1, -0.05) is 23.5 Å². The van der Waals surface area contributed by atoms with Crippen molar-refractivity contribution in [2.75, 3.05) is 33.6 Å². The van der Waals surface area contributed by atoms with Crippen LogP contribution in [0.4, 0.5) is 22.9 Å². The lowest BCUT2D eigenvalue weighted by Crippen LogP contribution is -2.33. The van der Waals surface area contributed by atoms with E-state index in [2.05, 4.69) is 36.0 Å². The number of hydrogen-bond donors (Lipinski definition) is 2. The molecule has 14 heteroatoms. The van der Waals surface area contributed by atoms with E-state index in [0.717, 1.165) is 0 Å². The number of anilines is 4. The number of aromatic nitrogens is 5. The molecule has 6 heterocycles. The third-order valence-corrected chi connectivity index (χ3v) is 6.90. The van der Waals surface area contributed by atoms with Crippen LogP contribution >= 0.6 is 23.5 Å². The number of rotatable bonds is 2. The quantitative estimate of drug-likeness (QED) is 0.548. The highest BCUT2D eigenvalue weighted by Gasteiger charge is 2.31. The van der Waals surface area contributed by atoms with Crippen LogP contribution in [0.3, 0.4) is 0 Å². The zero-order chi connectivity index (χ0) is 22.5. The summed E-state index contributed by atoms with van der Waals surface area (Å²) in [7, 11) is 0. The zero-order valence-electron chi connectivity index (χ0n) is 16.6. The summed E-state index contributed by atoms with van der Waals surface area (Å²) in [5, 5.41) is 23.4. The van der Waals surface area contributed by atoms with E-state index in [-0.39, 0.29) is 35.8 Å². The Morgan fingerprint density at radius 3 is 2.73 bits per heavy atom. The van der Waals surface area contributed by atoms with Crippen molar-refractivity contribution in [1.82, 2.24) is 25.4 Å². The highest BCUT2D eigenvalue weighted by Crippen LogP contribution is 2.42. The fraction of sp³-hybridized carbons (Fsp3) is 0.158. The molecule has 164 valence electrons. The monoisotopic (exact) mass is 480 g/mol. The minimum Gasteiger partial charge on any atom is -0.480 e. The zero-order valence-corrected chi connectivity index (χ0v) is 18.2. The Morgan fingerprint density at radius 1 is 0.939 bits per heavy atom. The average Bonchev–Trinajstić information content (AvgIpc) is 2.82. The van der Waals surface area contributed by atoms with Gasteiger partial charge in [-0.2, -0.15) is 5.10 Å². The van der Waals surface area contributed by atoms with Crippen LogP contribution in [0.25, 0.3) is 11.3 Å². The molecular weight excluding hydrogens is 468 g/mol. The minimum atomic E-state index is -0.288. The molecule has 3 aliphatic rings. The van der Waals surface area contributed by atoms with E-state index >= 15 is 0 Å². The molecule has 0 aliphatic carbocycles. The van der Waals surface area contributed by atoms with Gasteiger partial charge in [0, 0.05) is 11.6 Å². The van der Waals surface area contributed by atoms with E-state index in [0.29, 0.717) is 49.9 Å². The molecule has 0 saturated carbocycles. The Kier molecular flexibility index (Phi) is 4.62. The predicted molar refractivity (Wildman–Crippen MR) is 119 cm³/mol. The number of carbonyl (C=O) groups is 3. The third kappa shape index (κ3) is 3.43. The molecule has 0 bridgehead atoms. The predicted octanol–water partition coefficient (Wildman–Crippen LogP) is 1.47. The van der Waals surface area contributed by atoms with Crippen molar-refractivity contribution in [2.45, 2.75) is 10.1 Å². The second-order valence-electron chi connectivity index (χ2n) is 7.09. The van der Waals surface area contributed by atoms with Crippen LogP contribution in [-0.4, -0.2) is 61.2 Å². The second kappa shape index (κ2) is 7.67. The van der Waals surface area contributed by atoms with E-state index < -0.39 is 0 Å². The molecule has 3 aromatic heterocycles. The number of pyridine rings is 1. The summed E-state index contributed by atoms with van der Waals surface area (Å²) in [6.07, 6.45) is 2.96. The largest absolute Gasteiger partial charge is 0.480 e. The van der Waals surface area contributed by atoms with Crippen LogP contribution in [0, 0.1) is 0 Å². The molecule has 0 spiro atoms. The van der Waals surface area contributed by atoms with Crippen molar-refractivity contribution in [2.24, 2.45) is 0 Å². The molecule has 3 amide bonds. The van der Waals surface area contributed by atoms with Crippen LogP contribution in [0.2, 0.25) is 0 Å². The van der Waals surface area contributed by atoms with Gasteiger partial charge in [-0.05, 0) is 6.07 Å². The number of ether oxygens (including phenoxy) is 1. The number of carbonyl (C=O) groups excluding carboxylic acids is 3. The molecule has 2 N–H and O–H groups in total. The highest BCUT2D eigenvalue weighted by molar-refractivity contribution is 8.00. The normalized spacial score (nSPS) is 16.7. The Balaban J connectivity index is 1.45. The van der Waals surface area contributed by atoms with Crippen LogP contribution < -0.4 is 20.3 Å². The molecular formula is C19H12N8O4S2. The first-order valence-corrected chi connectivity index (χ1v) is 11.6. The van der Waals surface area contributed by atoms with Crippen LogP contribution in [0.5, 0.6) is 5.75 Å². The molecule has 0 aromatic carbocycles. The van der Waals surface area contributed by atoms with E-state index in [1.807, 2.05) is 0 Å². The van der Waals surface area contributed by atoms with Gasteiger partial charge in [0.05, 0.1) is 46.7 Å². The Bertz CT molecular complexity index is 1370. The molecule has 12 nitrogen and oxygen atoms in total. The summed E-state index contributed by atoms with van der Waals surface area (Å²) in [5.41, 5.74) is 2.37. The summed E-state index contributed by atoms with van der Waals surface area (Å²) in [4.78, 5) is 42.4. The van der Waals surface area contributed by atoms with Crippen molar-refractivity contribution in [1.29, 1.82) is 0 Å². The van der Waals surface area contributed by atoms with E-state index in [9.17, 15) is 14.4 Å². The summed E-state index contributed by atoms with van der Waals surface area (Å²) in [6.45, 7) is -0.0891. The first-order valence-electron chi connectivity index (χ1n) is 9.62. The van der Waals surface area contributed by atoms with Gasteiger partial charge in [-0.15, -0.1) is 15.3 Å². The smallest absolute Gasteiger partial charge is 0.262 e. The number of hydrogen-bond acceptors (Lipinski definition) is 11. The van der Waals surface area contributed by atoms with Crippen molar-refractivity contribution < 1.29 is 19.1 Å². The second-order valence-corrected chi connectivity index (χ2v) is 9.02. The molecule has 6 rings (SSSR count). The van der Waals surface area contributed by atoms with Crippen molar-refractivity contribution in [3.8, 4) is 17.0 Å². The van der Waals surface area contributed by atoms with Crippen molar-refractivity contribution in [3.05, 3.63) is 24.5 Å². The maximum Gasteiger partial charge on any atom is 0.262 e. The van der Waals surface area contributed by atoms with Gasteiger partial charge in [-0.25, -0.2) is 4.98 Å². The molecule has 0 saturated heterocycles. The summed E-state index contributed by atoms with van der Waals surface area (Å²) < 4.78 is 5.36. The van der Waals surface area contributed by atoms with Crippen LogP contribution in [-0.2, 0) is 14.4 Å². The van der Waals surface area contributed by atoms with E-state index in [1.54, 1.807) is 12.1 Å². The van der Waals surface area contributed by atoms with Crippen molar-refractivity contribution in [3.63, 3.8) is 0 Å². The summed E-state index contributed by atoms with van der Waals surface area (Å²) in [5.74, 6) is 0.496. The number of nitrogens with one attached hydrogen (secondary N) is 2. The Hall–Kier alpha value is -3.78. The summed E-state index contributed by atoms with van der Waals surface area (Å²) >= 11 is 2.56. The summed E-state index contributed by atoms with van der Waals surface area (Å²) in [6, 6.07) is 3.28. The fourth-order valence-corrected chi connectivity index (χ4v) is 5.07. The molecule has 3 aromatic rings. The van der Waals surface area contributed by atoms with E-state index in [1.165, 1.54) is 40.8 Å². The highest BCUT2D eigenvalue weighted by atomic mass is 32.2. The fourth-order valence-electron chi connectivity index (χ4n) is 3.54. The number of thioether (sulfide) groups is 2. The van der Waals surface area contributed by atoms with Crippen molar-refractivity contribution >= 4 is 64.1 Å². The van der Waals surface area contributed by atoms with Gasteiger partial charge >= 0.3 is 0 Å². The average molecular weight is 480 g/mol. The number of nitrogens with zero attached hydrogens (tertiary/aromatic N) is 6. The Morgan fingerprint density at radius 2 is 1.82 bits per heavy atom. The lowest BCUT2D eigenvalue weighted by Gasteiger charge is -2.28. The standard InChI is InChI=1S/C19H12N8O4S2/c28-14-5-31-12-4-20-13(2-10(12)22-14)27-11-1-9(24-26-18(11)33-7-16(27)30)8-3-21-25-19-17(8)23-15(29)6-32-19/h1-4H,5-7H2,(H,22,28)(H,23,29). The lowest BCUT2D eigenvalue weighted by molar-refractivity contribution is -0.118. The van der Waals surface area contributed by atoms with Gasteiger partial charge < -0.3 is 15.4 Å². The Labute approximate surface area is 193 Å². The lowest BCUT2D eigenvalue weighted by atomic mass is 10.1. The van der Waals surface area contributed by atoms with E-state index in [4.69, 9.17) is 4.74 Å². The van der Waals surface area contributed by atoms with Gasteiger partial charge in [0.15, 0.2) is 12.4 Å². The van der Waals surface area contributed by atoms with Gasteiger partial charge in [0.1, 0.15) is 15.9 Å². The number of fused-ring (bicyclic) bond motifs is 3. The molecule has 33 heavy (non-hydrogen) atoms. The topological polar surface area (TPSA) is 152 Å². The first-order chi connectivity index (χ1) is 16.1. The molecule has 0 atom stereocenters. The SMILES string of the molecule is O=C1COc2cnc(N3C(=O)CSc4nnc(-c5cnnc6c5NC(=O)CS6)cc43)cc2N1. The van der Waals surface area contributed by atoms with Gasteiger partial charge in [-0.3, -0.25) is 19.3 Å². The minimum absolute atomic E-state index is 0.0891. The van der Waals surface area contributed by atoms with Crippen LogP contribution in [0.1, 0.15) is 0 Å². The van der Waals surface area contributed by atoms with Gasteiger partial charge in [0.25, 0.3) is 5.91 Å². The maximum atomic E-state index is 12.9. The molecule has 0 fully saturated rings. The van der Waals surface area contributed by atoms with Crippen LogP contribution in [0.15, 0.2) is 34.6 Å². The molecule has 0 unspecified atom stereocenters.